The summed E-state index contributed by atoms with van der Waals surface area (Å²) in [7, 11) is 0. The minimum Gasteiger partial charge on any atom is -0.261 e. The molecule has 0 N–H and O–H groups in total. The van der Waals surface area contributed by atoms with Gasteiger partial charge in [0.15, 0.2) is 0 Å². The van der Waals surface area contributed by atoms with Crippen molar-refractivity contribution >= 4 is 0 Å². The number of benzene rings is 1. The summed E-state index contributed by atoms with van der Waals surface area (Å²) in [5.41, 5.74) is 0.844. The molecular weight excluding hydrogens is 258 g/mol. The van der Waals surface area contributed by atoms with Crippen molar-refractivity contribution in [1.82, 2.24) is 4.98 Å². The molecular formula is C14H11F4N. The van der Waals surface area contributed by atoms with Crippen molar-refractivity contribution in [2.45, 2.75) is 19.5 Å². The van der Waals surface area contributed by atoms with E-state index in [0.717, 1.165) is 17.7 Å². The van der Waals surface area contributed by atoms with Crippen molar-refractivity contribution in [1.29, 1.82) is 0 Å². The molecule has 5 heteroatoms. The molecule has 1 aromatic carbocycles. The Morgan fingerprint density at radius 2 is 1.84 bits per heavy atom. The average molecular weight is 269 g/mol. The Morgan fingerprint density at radius 3 is 2.47 bits per heavy atom. The molecule has 19 heavy (non-hydrogen) atoms. The van der Waals surface area contributed by atoms with Crippen molar-refractivity contribution in [3.8, 4) is 0 Å². The largest absolute Gasteiger partial charge is 0.416 e. The zero-order valence-corrected chi connectivity index (χ0v) is 10.1. The highest BCUT2D eigenvalue weighted by atomic mass is 19.4. The fraction of sp³-hybridized carbons (Fsp3) is 0.214. The molecule has 2 rings (SSSR count). The van der Waals surface area contributed by atoms with E-state index in [2.05, 4.69) is 4.98 Å². The van der Waals surface area contributed by atoms with Crippen LogP contribution in [0, 0.1) is 12.7 Å². The van der Waals surface area contributed by atoms with Crippen molar-refractivity contribution < 1.29 is 17.6 Å². The molecule has 0 amide bonds. The zero-order valence-electron chi connectivity index (χ0n) is 10.1. The number of halogens is 4. The van der Waals surface area contributed by atoms with Gasteiger partial charge in [0.2, 0.25) is 0 Å². The molecule has 0 aliphatic rings. The lowest BCUT2D eigenvalue weighted by Crippen LogP contribution is -2.06. The second kappa shape index (κ2) is 4.99. The van der Waals surface area contributed by atoms with Gasteiger partial charge in [-0.15, -0.1) is 0 Å². The van der Waals surface area contributed by atoms with Crippen molar-refractivity contribution in [2.24, 2.45) is 0 Å². The Balaban J connectivity index is 2.33. The first kappa shape index (κ1) is 13.5. The molecule has 1 nitrogen and oxygen atoms in total. The van der Waals surface area contributed by atoms with Crippen LogP contribution in [0.4, 0.5) is 17.6 Å². The van der Waals surface area contributed by atoms with Crippen LogP contribution < -0.4 is 0 Å². The Morgan fingerprint density at radius 1 is 1.11 bits per heavy atom. The molecule has 2 aromatic rings. The monoisotopic (exact) mass is 269 g/mol. The molecule has 0 aliphatic heterocycles. The lowest BCUT2D eigenvalue weighted by atomic mass is 10.0. The maximum Gasteiger partial charge on any atom is 0.416 e. The van der Waals surface area contributed by atoms with Crippen LogP contribution in [0.2, 0.25) is 0 Å². The predicted molar refractivity (Wildman–Crippen MR) is 63.2 cm³/mol. The SMILES string of the molecule is Cc1ccnc(Cc2cc(F)cc(C(F)(F)F)c2)c1. The summed E-state index contributed by atoms with van der Waals surface area (Å²) in [6, 6.07) is 6.09. The van der Waals surface area contributed by atoms with Gasteiger partial charge in [0.25, 0.3) is 0 Å². The molecule has 0 unspecified atom stereocenters. The van der Waals surface area contributed by atoms with Gasteiger partial charge in [0, 0.05) is 18.3 Å². The minimum absolute atomic E-state index is 0.169. The lowest BCUT2D eigenvalue weighted by Gasteiger charge is -2.09. The number of rotatable bonds is 2. The van der Waals surface area contributed by atoms with Crippen LogP contribution in [-0.4, -0.2) is 4.98 Å². The third-order valence-electron chi connectivity index (χ3n) is 2.64. The number of pyridine rings is 1. The normalized spacial score (nSPS) is 11.6. The molecule has 100 valence electrons. The molecule has 0 saturated carbocycles. The van der Waals surface area contributed by atoms with E-state index in [1.807, 2.05) is 6.92 Å². The maximum atomic E-state index is 13.2. The smallest absolute Gasteiger partial charge is 0.261 e. The van der Waals surface area contributed by atoms with Crippen molar-refractivity contribution in [3.63, 3.8) is 0 Å². The van der Waals surface area contributed by atoms with Crippen LogP contribution >= 0.6 is 0 Å². The number of hydrogen-bond acceptors (Lipinski definition) is 1. The molecule has 0 radical (unpaired) electrons. The highest BCUT2D eigenvalue weighted by Crippen LogP contribution is 2.30. The molecule has 0 bridgehead atoms. The summed E-state index contributed by atoms with van der Waals surface area (Å²) in [5.74, 6) is -0.891. The van der Waals surface area contributed by atoms with Gasteiger partial charge in [-0.3, -0.25) is 4.98 Å². The first-order chi connectivity index (χ1) is 8.84. The fourth-order valence-electron chi connectivity index (χ4n) is 1.82. The Labute approximate surface area is 107 Å². The van der Waals surface area contributed by atoms with E-state index in [9.17, 15) is 17.6 Å². The Kier molecular flexibility index (Phi) is 3.55. The topological polar surface area (TPSA) is 12.9 Å². The lowest BCUT2D eigenvalue weighted by molar-refractivity contribution is -0.137. The number of aryl methyl sites for hydroxylation is 1. The highest BCUT2D eigenvalue weighted by molar-refractivity contribution is 5.30. The Bertz CT molecular complexity index is 590. The second-order valence-electron chi connectivity index (χ2n) is 4.35. The summed E-state index contributed by atoms with van der Waals surface area (Å²) in [6.07, 6.45) is -2.80. The summed E-state index contributed by atoms with van der Waals surface area (Å²) in [6.45, 7) is 1.86. The third kappa shape index (κ3) is 3.53. The molecule has 0 spiro atoms. The van der Waals surface area contributed by atoms with E-state index in [0.29, 0.717) is 11.8 Å². The van der Waals surface area contributed by atoms with Gasteiger partial charge in [-0.25, -0.2) is 4.39 Å². The molecule has 0 atom stereocenters. The van der Waals surface area contributed by atoms with E-state index < -0.39 is 17.6 Å². The van der Waals surface area contributed by atoms with Crippen molar-refractivity contribution in [2.75, 3.05) is 0 Å². The van der Waals surface area contributed by atoms with Gasteiger partial charge in [0.05, 0.1) is 5.56 Å². The first-order valence-electron chi connectivity index (χ1n) is 5.63. The number of alkyl halides is 3. The van der Waals surface area contributed by atoms with Gasteiger partial charge >= 0.3 is 6.18 Å². The first-order valence-corrected chi connectivity index (χ1v) is 5.63. The summed E-state index contributed by atoms with van der Waals surface area (Å²) >= 11 is 0. The van der Waals surface area contributed by atoms with Crippen LogP contribution in [0.25, 0.3) is 0 Å². The van der Waals surface area contributed by atoms with E-state index >= 15 is 0 Å². The van der Waals surface area contributed by atoms with Gasteiger partial charge in [-0.1, -0.05) is 0 Å². The standard InChI is InChI=1S/C14H11F4N/c1-9-2-3-19-13(4-9)7-10-5-11(14(16,17)18)8-12(15)6-10/h2-6,8H,7H2,1H3. The second-order valence-corrected chi connectivity index (χ2v) is 4.35. The van der Waals surface area contributed by atoms with E-state index in [4.69, 9.17) is 0 Å². The van der Waals surface area contributed by atoms with Crippen LogP contribution in [-0.2, 0) is 12.6 Å². The number of hydrogen-bond donors (Lipinski definition) is 0. The van der Waals surface area contributed by atoms with Crippen LogP contribution in [0.15, 0.2) is 36.5 Å². The van der Waals surface area contributed by atoms with E-state index in [-0.39, 0.29) is 12.0 Å². The average Bonchev–Trinajstić information content (AvgIpc) is 2.26. The minimum atomic E-state index is -4.54. The van der Waals surface area contributed by atoms with Crippen LogP contribution in [0.5, 0.6) is 0 Å². The number of aromatic nitrogens is 1. The fourth-order valence-corrected chi connectivity index (χ4v) is 1.82. The summed E-state index contributed by atoms with van der Waals surface area (Å²) < 4.78 is 50.9. The predicted octanol–water partition coefficient (Wildman–Crippen LogP) is 4.14. The van der Waals surface area contributed by atoms with Gasteiger partial charge in [0.1, 0.15) is 5.82 Å². The van der Waals surface area contributed by atoms with Gasteiger partial charge in [-0.2, -0.15) is 13.2 Å². The summed E-state index contributed by atoms with van der Waals surface area (Å²) in [4.78, 5) is 4.05. The molecule has 0 aliphatic carbocycles. The molecule has 0 fully saturated rings. The number of nitrogens with zero attached hydrogens (tertiary/aromatic N) is 1. The van der Waals surface area contributed by atoms with Gasteiger partial charge in [-0.05, 0) is 48.4 Å². The molecule has 1 aromatic heterocycles. The van der Waals surface area contributed by atoms with Crippen LogP contribution in [0.3, 0.4) is 0 Å². The molecule has 0 saturated heterocycles. The van der Waals surface area contributed by atoms with E-state index in [1.54, 1.807) is 18.3 Å². The quantitative estimate of drug-likeness (QED) is 0.747. The highest BCUT2D eigenvalue weighted by Gasteiger charge is 2.31. The maximum absolute atomic E-state index is 13.2. The van der Waals surface area contributed by atoms with Crippen LogP contribution in [0.1, 0.15) is 22.4 Å². The molecule has 1 heterocycles. The van der Waals surface area contributed by atoms with E-state index in [1.165, 1.54) is 0 Å². The Hall–Kier alpha value is -1.91. The third-order valence-corrected chi connectivity index (χ3v) is 2.64. The summed E-state index contributed by atoms with van der Waals surface area (Å²) in [5, 5.41) is 0. The van der Waals surface area contributed by atoms with Crippen molar-refractivity contribution in [3.05, 3.63) is 64.7 Å². The zero-order chi connectivity index (χ0) is 14.0. The van der Waals surface area contributed by atoms with Gasteiger partial charge < -0.3 is 0 Å².